The van der Waals surface area contributed by atoms with Gasteiger partial charge in [0.25, 0.3) is 0 Å². The van der Waals surface area contributed by atoms with E-state index >= 15 is 0 Å². The van der Waals surface area contributed by atoms with Gasteiger partial charge in [-0.05, 0) is 25.3 Å². The van der Waals surface area contributed by atoms with Gasteiger partial charge in [-0.2, -0.15) is 15.0 Å². The Hall–Kier alpha value is -1.73. The van der Waals surface area contributed by atoms with Crippen LogP contribution in [0.15, 0.2) is 17.5 Å². The third-order valence-corrected chi connectivity index (χ3v) is 3.18. The molecule has 1 atom stereocenters. The molecular formula is C12H17N5OS. The molecule has 6 nitrogen and oxygen atoms in total. The molecule has 2 aromatic heterocycles. The summed E-state index contributed by atoms with van der Waals surface area (Å²) < 4.78 is 5.62. The van der Waals surface area contributed by atoms with E-state index in [2.05, 4.69) is 26.3 Å². The second-order valence-corrected chi connectivity index (χ2v) is 5.24. The topological polar surface area (TPSA) is 86.0 Å². The summed E-state index contributed by atoms with van der Waals surface area (Å²) in [4.78, 5) is 13.3. The second kappa shape index (κ2) is 6.44. The zero-order valence-corrected chi connectivity index (χ0v) is 11.8. The van der Waals surface area contributed by atoms with E-state index < -0.39 is 0 Å². The van der Waals surface area contributed by atoms with Crippen LogP contribution in [0.4, 0.5) is 11.9 Å². The largest absolute Gasteiger partial charge is 0.374 e. The minimum atomic E-state index is 0.0983. The number of aryl methyl sites for hydroxylation is 1. The zero-order valence-electron chi connectivity index (χ0n) is 11.0. The molecule has 0 bridgehead atoms. The average molecular weight is 279 g/mol. The number of nitrogens with two attached hydrogens (primary N) is 1. The van der Waals surface area contributed by atoms with Crippen LogP contribution in [-0.4, -0.2) is 27.6 Å². The monoisotopic (exact) mass is 279 g/mol. The lowest BCUT2D eigenvalue weighted by atomic mass is 10.4. The van der Waals surface area contributed by atoms with Crippen LogP contribution in [0.5, 0.6) is 0 Å². The van der Waals surface area contributed by atoms with Crippen molar-refractivity contribution in [2.45, 2.75) is 26.5 Å². The molecule has 0 amide bonds. The smallest absolute Gasteiger partial charge is 0.228 e. The van der Waals surface area contributed by atoms with Gasteiger partial charge in [0.1, 0.15) is 5.82 Å². The van der Waals surface area contributed by atoms with E-state index in [4.69, 9.17) is 10.5 Å². The first-order valence-corrected chi connectivity index (χ1v) is 6.86. The van der Waals surface area contributed by atoms with E-state index in [0.717, 1.165) is 0 Å². The van der Waals surface area contributed by atoms with Crippen molar-refractivity contribution in [2.75, 3.05) is 17.7 Å². The van der Waals surface area contributed by atoms with Gasteiger partial charge in [0.2, 0.25) is 11.9 Å². The number of rotatable bonds is 6. The molecule has 0 radical (unpaired) electrons. The first kappa shape index (κ1) is 13.7. The van der Waals surface area contributed by atoms with Gasteiger partial charge in [-0.1, -0.05) is 6.07 Å². The Kier molecular flexibility index (Phi) is 4.64. The molecular weight excluding hydrogens is 262 g/mol. The number of nitrogens with zero attached hydrogens (tertiary/aromatic N) is 3. The van der Waals surface area contributed by atoms with Crippen molar-refractivity contribution in [3.05, 3.63) is 28.2 Å². The number of hydrogen-bond acceptors (Lipinski definition) is 7. The standard InChI is InChI=1S/C12H17N5OS/c1-8(6-18-7-10-4-3-5-19-10)14-12-16-9(2)15-11(13)17-12/h3-5,8H,6-7H2,1-2H3,(H3,13,14,15,16,17). The van der Waals surface area contributed by atoms with Crippen LogP contribution in [-0.2, 0) is 11.3 Å². The van der Waals surface area contributed by atoms with Crippen molar-refractivity contribution in [3.63, 3.8) is 0 Å². The Morgan fingerprint density at radius 2 is 2.26 bits per heavy atom. The lowest BCUT2D eigenvalue weighted by Crippen LogP contribution is -2.23. The van der Waals surface area contributed by atoms with E-state index in [-0.39, 0.29) is 12.0 Å². The third kappa shape index (κ3) is 4.46. The fourth-order valence-corrected chi connectivity index (χ4v) is 2.20. The predicted octanol–water partition coefficient (Wildman–Crippen LogP) is 1.84. The molecule has 0 fully saturated rings. The number of nitrogen functional groups attached to an aromatic ring is 1. The molecule has 1 unspecified atom stereocenters. The Morgan fingerprint density at radius 3 is 2.95 bits per heavy atom. The zero-order chi connectivity index (χ0) is 13.7. The van der Waals surface area contributed by atoms with Gasteiger partial charge in [-0.15, -0.1) is 11.3 Å². The summed E-state index contributed by atoms with van der Waals surface area (Å²) in [6.07, 6.45) is 0. The van der Waals surface area contributed by atoms with Crippen molar-refractivity contribution in [2.24, 2.45) is 0 Å². The summed E-state index contributed by atoms with van der Waals surface area (Å²) in [6, 6.07) is 4.17. The maximum Gasteiger partial charge on any atom is 0.228 e. The first-order chi connectivity index (χ1) is 9.13. The number of anilines is 2. The molecule has 102 valence electrons. The third-order valence-electron chi connectivity index (χ3n) is 2.33. The quantitative estimate of drug-likeness (QED) is 0.839. The maximum atomic E-state index is 5.62. The van der Waals surface area contributed by atoms with Gasteiger partial charge < -0.3 is 15.8 Å². The number of aromatic nitrogens is 3. The van der Waals surface area contributed by atoms with Crippen LogP contribution < -0.4 is 11.1 Å². The molecule has 0 saturated carbocycles. The van der Waals surface area contributed by atoms with Crippen molar-refractivity contribution >= 4 is 23.2 Å². The normalized spacial score (nSPS) is 12.3. The Bertz CT molecular complexity index is 497. The maximum absolute atomic E-state index is 5.62. The minimum Gasteiger partial charge on any atom is -0.374 e. The fraction of sp³-hybridized carbons (Fsp3) is 0.417. The summed E-state index contributed by atoms with van der Waals surface area (Å²) in [5, 5.41) is 5.18. The van der Waals surface area contributed by atoms with Crippen LogP contribution in [0.2, 0.25) is 0 Å². The highest BCUT2D eigenvalue weighted by Gasteiger charge is 2.06. The fourth-order valence-electron chi connectivity index (χ4n) is 1.56. The Balaban J connectivity index is 1.78. The molecule has 2 heterocycles. The minimum absolute atomic E-state index is 0.0983. The van der Waals surface area contributed by atoms with Gasteiger partial charge >= 0.3 is 0 Å². The van der Waals surface area contributed by atoms with Crippen molar-refractivity contribution in [3.8, 4) is 0 Å². The van der Waals surface area contributed by atoms with Crippen molar-refractivity contribution in [1.29, 1.82) is 0 Å². The van der Waals surface area contributed by atoms with Gasteiger partial charge in [-0.3, -0.25) is 0 Å². The van der Waals surface area contributed by atoms with Crippen molar-refractivity contribution < 1.29 is 4.74 Å². The highest BCUT2D eigenvalue weighted by Crippen LogP contribution is 2.10. The molecule has 2 aromatic rings. The van der Waals surface area contributed by atoms with Crippen LogP contribution >= 0.6 is 11.3 Å². The van der Waals surface area contributed by atoms with Crippen LogP contribution in [0, 0.1) is 6.92 Å². The summed E-state index contributed by atoms with van der Waals surface area (Å²) in [6.45, 7) is 4.98. The molecule has 0 aromatic carbocycles. The Labute approximate surface area is 116 Å². The van der Waals surface area contributed by atoms with Crippen LogP contribution in [0.3, 0.4) is 0 Å². The number of hydrogen-bond donors (Lipinski definition) is 2. The number of ether oxygens (including phenoxy) is 1. The lowest BCUT2D eigenvalue weighted by molar-refractivity contribution is 0.117. The molecule has 0 saturated heterocycles. The van der Waals surface area contributed by atoms with Gasteiger partial charge in [0.15, 0.2) is 0 Å². The molecule has 0 aliphatic rings. The van der Waals surface area contributed by atoms with Gasteiger partial charge in [0, 0.05) is 10.9 Å². The highest BCUT2D eigenvalue weighted by molar-refractivity contribution is 7.09. The molecule has 19 heavy (non-hydrogen) atoms. The van der Waals surface area contributed by atoms with E-state index in [0.29, 0.717) is 25.0 Å². The predicted molar refractivity (Wildman–Crippen MR) is 76.0 cm³/mol. The van der Waals surface area contributed by atoms with E-state index in [1.54, 1.807) is 18.3 Å². The second-order valence-electron chi connectivity index (χ2n) is 4.20. The summed E-state index contributed by atoms with van der Waals surface area (Å²) in [5.41, 5.74) is 5.57. The average Bonchev–Trinajstić information content (AvgIpc) is 2.80. The SMILES string of the molecule is Cc1nc(N)nc(NC(C)COCc2cccs2)n1. The highest BCUT2D eigenvalue weighted by atomic mass is 32.1. The number of nitrogens with one attached hydrogen (secondary N) is 1. The van der Waals surface area contributed by atoms with Gasteiger partial charge in [-0.25, -0.2) is 0 Å². The van der Waals surface area contributed by atoms with Crippen LogP contribution in [0.25, 0.3) is 0 Å². The molecule has 7 heteroatoms. The van der Waals surface area contributed by atoms with Gasteiger partial charge in [0.05, 0.1) is 13.2 Å². The summed E-state index contributed by atoms with van der Waals surface area (Å²) in [5.74, 6) is 1.31. The van der Waals surface area contributed by atoms with E-state index in [1.165, 1.54) is 4.88 Å². The Morgan fingerprint density at radius 1 is 1.42 bits per heavy atom. The van der Waals surface area contributed by atoms with E-state index in [1.807, 2.05) is 18.4 Å². The summed E-state index contributed by atoms with van der Waals surface area (Å²) >= 11 is 1.69. The molecule has 0 aliphatic carbocycles. The molecule has 3 N–H and O–H groups in total. The molecule has 2 rings (SSSR count). The summed E-state index contributed by atoms with van der Waals surface area (Å²) in [7, 11) is 0. The molecule has 0 spiro atoms. The number of thiophene rings is 1. The van der Waals surface area contributed by atoms with E-state index in [9.17, 15) is 0 Å². The van der Waals surface area contributed by atoms with Crippen molar-refractivity contribution in [1.82, 2.24) is 15.0 Å². The lowest BCUT2D eigenvalue weighted by Gasteiger charge is -2.14. The first-order valence-electron chi connectivity index (χ1n) is 5.98. The molecule has 0 aliphatic heterocycles. The van der Waals surface area contributed by atoms with Crippen LogP contribution in [0.1, 0.15) is 17.6 Å².